The predicted octanol–water partition coefficient (Wildman–Crippen LogP) is 4.51. The number of aromatic nitrogens is 1. The van der Waals surface area contributed by atoms with E-state index < -0.39 is 43.3 Å². The van der Waals surface area contributed by atoms with Crippen molar-refractivity contribution >= 4 is 65.9 Å². The van der Waals surface area contributed by atoms with Crippen LogP contribution in [0.5, 0.6) is 5.75 Å². The fraction of sp³-hybridized carbons (Fsp3) is 0.400. The third kappa shape index (κ3) is 8.76. The monoisotopic (exact) mass is 711 g/mol. The summed E-state index contributed by atoms with van der Waals surface area (Å²) in [4.78, 5) is 74.9. The number of amides is 5. The minimum absolute atomic E-state index is 0.0131. The lowest BCUT2D eigenvalue weighted by molar-refractivity contribution is -0.141. The van der Waals surface area contributed by atoms with Crippen LogP contribution in [-0.2, 0) is 33.4 Å². The number of carbonyl (C=O) groups excluding carboxylic acids is 3. The molecule has 0 aliphatic heterocycles. The molecule has 0 radical (unpaired) electrons. The van der Waals surface area contributed by atoms with E-state index in [1.165, 1.54) is 24.3 Å². The van der Waals surface area contributed by atoms with E-state index >= 15 is 0 Å². The number of nitrogens with two attached hydrogens (primary N) is 1. The molecule has 1 aliphatic rings. The Morgan fingerprint density at radius 3 is 2.45 bits per heavy atom. The van der Waals surface area contributed by atoms with Gasteiger partial charge in [0.1, 0.15) is 17.3 Å². The summed E-state index contributed by atoms with van der Waals surface area (Å²) in [6.45, 7) is 3.77. The topological polar surface area (TPSA) is 224 Å². The number of aromatic amines is 1. The van der Waals surface area contributed by atoms with Crippen LogP contribution < -0.4 is 20.9 Å². The largest absolute Gasteiger partial charge is 0.524 e. The number of hydrogen-bond acceptors (Lipinski definition) is 6. The highest BCUT2D eigenvalue weighted by Gasteiger charge is 2.48. The van der Waals surface area contributed by atoms with Gasteiger partial charge in [-0.15, -0.1) is 0 Å². The van der Waals surface area contributed by atoms with Gasteiger partial charge in [-0.05, 0) is 67.0 Å². The van der Waals surface area contributed by atoms with Gasteiger partial charge in [-0.3, -0.25) is 24.3 Å². The number of halogens is 2. The summed E-state index contributed by atoms with van der Waals surface area (Å²) in [5.74, 6) is -1.69. The van der Waals surface area contributed by atoms with E-state index in [4.69, 9.17) is 38.7 Å². The number of imide groups is 1. The average Bonchev–Trinajstić information content (AvgIpc) is 3.35. The van der Waals surface area contributed by atoms with E-state index in [9.17, 15) is 28.8 Å². The smallest absolute Gasteiger partial charge is 0.465 e. The van der Waals surface area contributed by atoms with Crippen molar-refractivity contribution in [2.24, 2.45) is 11.7 Å². The Morgan fingerprint density at radius 2 is 1.85 bits per heavy atom. The number of carboxylic acid groups (broad SMARTS) is 1. The lowest BCUT2D eigenvalue weighted by Crippen LogP contribution is -2.66. The molecule has 5 amide bonds. The Labute approximate surface area is 280 Å². The molecule has 8 N–H and O–H groups in total. The second-order valence-corrected chi connectivity index (χ2v) is 13.7. The molecule has 254 valence electrons. The molecule has 0 fully saturated rings. The number of carbonyl (C=O) groups is 4. The van der Waals surface area contributed by atoms with Crippen LogP contribution in [0.25, 0.3) is 10.9 Å². The van der Waals surface area contributed by atoms with Gasteiger partial charge < -0.3 is 31.0 Å². The van der Waals surface area contributed by atoms with Gasteiger partial charge in [-0.2, -0.15) is 0 Å². The van der Waals surface area contributed by atoms with Gasteiger partial charge in [-0.25, -0.2) is 14.2 Å². The van der Waals surface area contributed by atoms with Crippen LogP contribution in [0.15, 0.2) is 36.4 Å². The van der Waals surface area contributed by atoms with Crippen LogP contribution in [0.1, 0.15) is 49.9 Å². The molecule has 47 heavy (non-hydrogen) atoms. The van der Waals surface area contributed by atoms with Gasteiger partial charge in [0.2, 0.25) is 5.91 Å². The molecule has 0 bridgehead atoms. The molecule has 1 aromatic heterocycles. The van der Waals surface area contributed by atoms with Crippen molar-refractivity contribution in [2.75, 3.05) is 6.54 Å². The summed E-state index contributed by atoms with van der Waals surface area (Å²) in [5.41, 5.74) is 6.67. The SMILES string of the molecule is CC[C@H](C)CN(C(N)=O)C(=O)[C@@]1(NC(=O)[C@H](CCc2ccc(OP(=O)(O)O)cc2)NC(=O)O)CCc2[nH]c3c(Cl)cc(Cl)cc3c2C1. The van der Waals surface area contributed by atoms with Gasteiger partial charge in [-0.1, -0.05) is 55.6 Å². The van der Waals surface area contributed by atoms with E-state index in [1.807, 2.05) is 13.8 Å². The molecule has 1 heterocycles. The highest BCUT2D eigenvalue weighted by molar-refractivity contribution is 7.46. The van der Waals surface area contributed by atoms with Crippen molar-refractivity contribution in [1.82, 2.24) is 20.5 Å². The zero-order chi connectivity index (χ0) is 34.7. The Kier molecular flexibility index (Phi) is 11.1. The first-order valence-electron chi connectivity index (χ1n) is 14.8. The van der Waals surface area contributed by atoms with E-state index in [2.05, 4.69) is 20.1 Å². The first kappa shape index (κ1) is 36.0. The van der Waals surface area contributed by atoms with E-state index in [0.29, 0.717) is 38.5 Å². The number of H-pyrrole nitrogens is 1. The van der Waals surface area contributed by atoms with Crippen LogP contribution in [0.4, 0.5) is 9.59 Å². The van der Waals surface area contributed by atoms with Crippen molar-refractivity contribution in [1.29, 1.82) is 0 Å². The maximum Gasteiger partial charge on any atom is 0.524 e. The number of phosphoric acid groups is 1. The Bertz CT molecular complexity index is 1730. The summed E-state index contributed by atoms with van der Waals surface area (Å²) in [7, 11) is -4.76. The molecule has 0 spiro atoms. The molecule has 3 aromatic rings. The van der Waals surface area contributed by atoms with Crippen LogP contribution in [-0.4, -0.2) is 66.8 Å². The second-order valence-electron chi connectivity index (χ2n) is 11.7. The van der Waals surface area contributed by atoms with Crippen LogP contribution in [0, 0.1) is 5.92 Å². The molecule has 0 unspecified atom stereocenters. The predicted molar refractivity (Wildman–Crippen MR) is 174 cm³/mol. The Balaban J connectivity index is 1.67. The molecule has 17 heteroatoms. The summed E-state index contributed by atoms with van der Waals surface area (Å²) in [5, 5.41) is 16.0. The van der Waals surface area contributed by atoms with E-state index in [1.54, 1.807) is 12.1 Å². The number of phosphoric ester groups is 1. The van der Waals surface area contributed by atoms with Crippen molar-refractivity contribution < 1.29 is 43.2 Å². The van der Waals surface area contributed by atoms with Crippen molar-refractivity contribution in [2.45, 2.75) is 64.0 Å². The zero-order valence-corrected chi connectivity index (χ0v) is 28.0. The van der Waals surface area contributed by atoms with Crippen molar-refractivity contribution in [3.8, 4) is 5.75 Å². The number of benzene rings is 2. The van der Waals surface area contributed by atoms with Crippen LogP contribution >= 0.6 is 31.0 Å². The first-order valence-corrected chi connectivity index (χ1v) is 17.1. The highest BCUT2D eigenvalue weighted by atomic mass is 35.5. The molecule has 4 rings (SSSR count). The van der Waals surface area contributed by atoms with Crippen molar-refractivity contribution in [3.05, 3.63) is 63.3 Å². The van der Waals surface area contributed by atoms with Crippen LogP contribution in [0.3, 0.4) is 0 Å². The first-order chi connectivity index (χ1) is 22.0. The number of hydrogen-bond donors (Lipinski definition) is 7. The Morgan fingerprint density at radius 1 is 1.17 bits per heavy atom. The number of fused-ring (bicyclic) bond motifs is 3. The zero-order valence-electron chi connectivity index (χ0n) is 25.6. The number of nitrogens with zero attached hydrogens (tertiary/aromatic N) is 1. The molecular formula is C30H36Cl2N5O9P. The minimum Gasteiger partial charge on any atom is -0.465 e. The number of primary amides is 1. The van der Waals surface area contributed by atoms with Crippen molar-refractivity contribution in [3.63, 3.8) is 0 Å². The third-order valence-corrected chi connectivity index (χ3v) is 9.22. The van der Waals surface area contributed by atoms with Crippen LogP contribution in [0.2, 0.25) is 10.0 Å². The fourth-order valence-corrected chi connectivity index (χ4v) is 6.63. The van der Waals surface area contributed by atoms with Gasteiger partial charge >= 0.3 is 19.9 Å². The number of nitrogens with one attached hydrogen (secondary N) is 3. The average molecular weight is 713 g/mol. The highest BCUT2D eigenvalue weighted by Crippen LogP contribution is 2.39. The Hall–Kier alpha value is -3.81. The number of rotatable bonds is 12. The van der Waals surface area contributed by atoms with Gasteiger partial charge in [0, 0.05) is 29.1 Å². The standard InChI is InChI=1S/C30H36Cl2N5O9P/c1-3-16(2)15-37(28(33)40)27(39)30(11-10-23-21(14-30)20-12-18(31)13-22(32)25(20)34-23)36-26(38)24(35-29(41)42)9-6-17-4-7-19(8-5-17)46-47(43,44)45/h4-5,7-8,12-13,16,24,34-35H,3,6,9-11,14-15H2,1-2H3,(H2,33,40)(H,36,38)(H,41,42)(H2,43,44,45)/t16-,24-,30+/m0/s1. The molecular weight excluding hydrogens is 676 g/mol. The molecule has 1 aliphatic carbocycles. The maximum absolute atomic E-state index is 14.3. The van der Waals surface area contributed by atoms with Gasteiger partial charge in [0.05, 0.1) is 10.5 Å². The number of urea groups is 1. The normalized spacial score (nSPS) is 17.3. The second kappa shape index (κ2) is 14.5. The van der Waals surface area contributed by atoms with Gasteiger partial charge in [0.25, 0.3) is 5.91 Å². The molecule has 2 aromatic carbocycles. The van der Waals surface area contributed by atoms with Gasteiger partial charge in [0.15, 0.2) is 0 Å². The quantitative estimate of drug-likeness (QED) is 0.131. The van der Waals surface area contributed by atoms with E-state index in [-0.39, 0.29) is 50.3 Å². The third-order valence-electron chi connectivity index (χ3n) is 8.26. The molecule has 14 nitrogen and oxygen atoms in total. The lowest BCUT2D eigenvalue weighted by Gasteiger charge is -2.40. The summed E-state index contributed by atoms with van der Waals surface area (Å²) in [6, 6.07) is 6.65. The summed E-state index contributed by atoms with van der Waals surface area (Å²) in [6.07, 6.45) is -0.421. The minimum atomic E-state index is -4.76. The maximum atomic E-state index is 14.3. The van der Waals surface area contributed by atoms with E-state index in [0.717, 1.165) is 10.6 Å². The summed E-state index contributed by atoms with van der Waals surface area (Å²) >= 11 is 12.8. The lowest BCUT2D eigenvalue weighted by atomic mass is 9.78. The number of aryl methyl sites for hydroxylation is 2. The molecule has 3 atom stereocenters. The fourth-order valence-electron chi connectivity index (χ4n) is 5.69. The summed E-state index contributed by atoms with van der Waals surface area (Å²) < 4.78 is 15.7. The molecule has 0 saturated heterocycles. The molecule has 0 saturated carbocycles.